The number of ether oxygens (including phenoxy) is 3. The summed E-state index contributed by atoms with van der Waals surface area (Å²) in [6.45, 7) is 7.92. The summed E-state index contributed by atoms with van der Waals surface area (Å²) < 4.78 is 18.6. The third-order valence-electron chi connectivity index (χ3n) is 10.1. The molecule has 1 spiro atoms. The first-order valence-electron chi connectivity index (χ1n) is 16.9. The predicted molar refractivity (Wildman–Crippen MR) is 174 cm³/mol. The lowest BCUT2D eigenvalue weighted by Gasteiger charge is -2.41. The van der Waals surface area contributed by atoms with Crippen LogP contribution >= 0.6 is 0 Å². The van der Waals surface area contributed by atoms with Crippen molar-refractivity contribution >= 4 is 23.7 Å². The number of nitrogens with one attached hydrogen (secondary N) is 1. The fourth-order valence-electron chi connectivity index (χ4n) is 7.79. The van der Waals surface area contributed by atoms with E-state index in [2.05, 4.69) is 12.2 Å². The lowest BCUT2D eigenvalue weighted by atomic mass is 9.77. The number of esters is 1. The Kier molecular flexibility index (Phi) is 10.9. The number of methoxy groups -OCH3 is 1. The van der Waals surface area contributed by atoms with Gasteiger partial charge in [0.2, 0.25) is 17.7 Å². The number of fused-ring (bicyclic) bond motifs is 2. The van der Waals surface area contributed by atoms with Gasteiger partial charge in [-0.3, -0.25) is 19.2 Å². The number of aliphatic hydroxyl groups is 1. The molecule has 11 nitrogen and oxygen atoms in total. The number of hydrogen-bond donors (Lipinski definition) is 2. The molecule has 3 amide bonds. The Bertz CT molecular complexity index is 1360. The van der Waals surface area contributed by atoms with Gasteiger partial charge < -0.3 is 34.4 Å². The quantitative estimate of drug-likeness (QED) is 0.308. The molecule has 9 atom stereocenters. The van der Waals surface area contributed by atoms with Crippen molar-refractivity contribution in [1.29, 1.82) is 0 Å². The normalized spacial score (nSPS) is 33.2. The van der Waals surface area contributed by atoms with Crippen LogP contribution in [0.3, 0.4) is 0 Å². The Morgan fingerprint density at radius 3 is 2.49 bits per heavy atom. The van der Waals surface area contributed by atoms with Crippen molar-refractivity contribution < 1.29 is 38.5 Å². The van der Waals surface area contributed by atoms with Gasteiger partial charge in [-0.15, -0.1) is 0 Å². The molecule has 2 fully saturated rings. The zero-order chi connectivity index (χ0) is 33.9. The Morgan fingerprint density at radius 1 is 1.09 bits per heavy atom. The maximum Gasteiger partial charge on any atom is 0.313 e. The van der Waals surface area contributed by atoms with E-state index < -0.39 is 59.6 Å². The highest BCUT2D eigenvalue weighted by Gasteiger charge is 2.72. The van der Waals surface area contributed by atoms with Gasteiger partial charge in [-0.05, 0) is 31.2 Å². The number of allylic oxidation sites excluding steroid dienone is 1. The lowest BCUT2D eigenvalue weighted by Crippen LogP contribution is -2.60. The van der Waals surface area contributed by atoms with Crippen LogP contribution in [0.5, 0.6) is 0 Å². The molecule has 1 aromatic carbocycles. The van der Waals surface area contributed by atoms with E-state index in [9.17, 15) is 24.3 Å². The molecule has 0 radical (unpaired) electrons. The van der Waals surface area contributed by atoms with Crippen LogP contribution in [0.15, 0.2) is 54.6 Å². The average Bonchev–Trinajstić information content (AvgIpc) is 3.42. The number of carbonyl (C=O) groups excluding carboxylic acids is 4. The molecule has 11 heteroatoms. The monoisotopic (exact) mass is 651 g/mol. The zero-order valence-corrected chi connectivity index (χ0v) is 28.0. The number of likely N-dealkylation sites (tertiary alicyclic amines) is 1. The van der Waals surface area contributed by atoms with Crippen LogP contribution in [0.25, 0.3) is 0 Å². The van der Waals surface area contributed by atoms with Gasteiger partial charge in [-0.25, -0.2) is 0 Å². The van der Waals surface area contributed by atoms with Gasteiger partial charge in [0, 0.05) is 26.1 Å². The summed E-state index contributed by atoms with van der Waals surface area (Å²) >= 11 is 0. The summed E-state index contributed by atoms with van der Waals surface area (Å²) in [5.41, 5.74) is -0.818. The second-order valence-corrected chi connectivity index (χ2v) is 13.5. The molecule has 0 aromatic heterocycles. The SMILES string of the molecule is CCCC(C)N1CC=C[C@]23O[C@@H]4/C=C\CCC(=O)N[C@H](COC)[C@@H](c5ccccc5)OC(=O)[C@@H]4[C@H]2C(=O)N([C@@H](CO)C(C)C)[C@@H]3C1=O. The van der Waals surface area contributed by atoms with Crippen molar-refractivity contribution in [2.45, 2.75) is 95.4 Å². The summed E-state index contributed by atoms with van der Waals surface area (Å²) in [5, 5.41) is 13.5. The van der Waals surface area contributed by atoms with Crippen LogP contribution in [-0.4, -0.2) is 101 Å². The third kappa shape index (κ3) is 6.49. The van der Waals surface area contributed by atoms with Gasteiger partial charge in [-0.2, -0.15) is 0 Å². The third-order valence-corrected chi connectivity index (χ3v) is 10.1. The van der Waals surface area contributed by atoms with Crippen molar-refractivity contribution in [2.24, 2.45) is 17.8 Å². The van der Waals surface area contributed by atoms with Crippen molar-refractivity contribution in [3.63, 3.8) is 0 Å². The first kappa shape index (κ1) is 34.8. The number of cyclic esters (lactones) is 1. The van der Waals surface area contributed by atoms with Gasteiger partial charge in [0.05, 0.1) is 37.3 Å². The molecule has 0 bridgehead atoms. The minimum atomic E-state index is -1.47. The maximum absolute atomic E-state index is 14.8. The van der Waals surface area contributed by atoms with E-state index in [0.717, 1.165) is 12.8 Å². The molecule has 4 aliphatic heterocycles. The van der Waals surface area contributed by atoms with E-state index in [1.165, 1.54) is 12.0 Å². The van der Waals surface area contributed by atoms with Crippen LogP contribution in [0.1, 0.15) is 65.0 Å². The second-order valence-electron chi connectivity index (χ2n) is 13.5. The highest BCUT2D eigenvalue weighted by Crippen LogP contribution is 2.54. The summed E-state index contributed by atoms with van der Waals surface area (Å²) in [6.07, 6.45) is 7.56. The van der Waals surface area contributed by atoms with Crippen molar-refractivity contribution in [3.8, 4) is 0 Å². The van der Waals surface area contributed by atoms with Crippen LogP contribution in [-0.2, 0) is 33.4 Å². The number of benzene rings is 1. The minimum absolute atomic E-state index is 0.0801. The smallest absolute Gasteiger partial charge is 0.313 e. The molecule has 1 unspecified atom stereocenters. The topological polar surface area (TPSA) is 135 Å². The zero-order valence-electron chi connectivity index (χ0n) is 28.0. The van der Waals surface area contributed by atoms with Crippen LogP contribution in [0.4, 0.5) is 0 Å². The average molecular weight is 652 g/mol. The molecule has 47 heavy (non-hydrogen) atoms. The van der Waals surface area contributed by atoms with Crippen LogP contribution < -0.4 is 5.32 Å². The first-order valence-corrected chi connectivity index (χ1v) is 16.9. The Labute approximate surface area is 277 Å². The van der Waals surface area contributed by atoms with E-state index in [4.69, 9.17) is 14.2 Å². The summed E-state index contributed by atoms with van der Waals surface area (Å²) in [5.74, 6) is -3.95. The number of hydrogen-bond acceptors (Lipinski definition) is 8. The number of nitrogens with zero attached hydrogens (tertiary/aromatic N) is 2. The van der Waals surface area contributed by atoms with Gasteiger partial charge in [0.25, 0.3) is 0 Å². The van der Waals surface area contributed by atoms with E-state index in [-0.39, 0.29) is 43.4 Å². The van der Waals surface area contributed by atoms with Crippen LogP contribution in [0, 0.1) is 17.8 Å². The van der Waals surface area contributed by atoms with E-state index >= 15 is 0 Å². The Hall–Kier alpha value is -3.54. The molecule has 5 rings (SSSR count). The summed E-state index contributed by atoms with van der Waals surface area (Å²) in [7, 11) is 1.51. The summed E-state index contributed by atoms with van der Waals surface area (Å²) in [4.78, 5) is 60.2. The Balaban J connectivity index is 1.64. The lowest BCUT2D eigenvalue weighted by molar-refractivity contribution is -0.163. The molecule has 2 N–H and O–H groups in total. The van der Waals surface area contributed by atoms with Crippen molar-refractivity contribution in [3.05, 3.63) is 60.2 Å². The molecular formula is C36H49N3O8. The Morgan fingerprint density at radius 2 is 1.83 bits per heavy atom. The molecular weight excluding hydrogens is 602 g/mol. The van der Waals surface area contributed by atoms with Gasteiger partial charge in [-0.1, -0.05) is 81.8 Å². The minimum Gasteiger partial charge on any atom is -0.455 e. The highest BCUT2D eigenvalue weighted by molar-refractivity contribution is 5.99. The highest BCUT2D eigenvalue weighted by atomic mass is 16.6. The molecule has 0 saturated carbocycles. The van der Waals surface area contributed by atoms with E-state index in [1.54, 1.807) is 23.1 Å². The van der Waals surface area contributed by atoms with Gasteiger partial charge >= 0.3 is 5.97 Å². The predicted octanol–water partition coefficient (Wildman–Crippen LogP) is 2.94. The molecule has 1 aromatic rings. The number of aliphatic hydroxyl groups excluding tert-OH is 1. The maximum atomic E-state index is 14.8. The fraction of sp³-hybridized carbons (Fsp3) is 0.611. The standard InChI is InChI=1S/C36H49N3O8/c1-6-13-23(4)38-19-12-18-36-30(33(42)39(32(36)34(38)43)26(20-40)22(2)3)29-27(47-36)16-10-11-17-28(41)37-25(21-45-5)31(46-35(29)44)24-14-8-7-9-15-24/h7-10,12,14-16,18,22-23,25-27,29-32,40H,6,11,13,17,19-21H2,1-5H3,(H,37,41)/b16-10-/t23?,25-,26+,27-,29+,30+,31-,32-,36+/m1/s1. The number of carbonyl (C=O) groups is 4. The number of rotatable bonds is 9. The summed E-state index contributed by atoms with van der Waals surface area (Å²) in [6, 6.07) is 6.56. The molecule has 2 saturated heterocycles. The first-order chi connectivity index (χ1) is 22.6. The van der Waals surface area contributed by atoms with E-state index in [0.29, 0.717) is 18.5 Å². The molecule has 4 heterocycles. The molecule has 4 aliphatic rings. The van der Waals surface area contributed by atoms with E-state index in [1.807, 2.05) is 57.2 Å². The molecule has 256 valence electrons. The van der Waals surface area contributed by atoms with Crippen LogP contribution in [0.2, 0.25) is 0 Å². The van der Waals surface area contributed by atoms with Gasteiger partial charge in [0.1, 0.15) is 23.7 Å². The second kappa shape index (κ2) is 14.7. The van der Waals surface area contributed by atoms with Gasteiger partial charge in [0.15, 0.2) is 0 Å². The van der Waals surface area contributed by atoms with Crippen molar-refractivity contribution in [2.75, 3.05) is 26.9 Å². The van der Waals surface area contributed by atoms with Crippen molar-refractivity contribution in [1.82, 2.24) is 15.1 Å². The molecule has 0 aliphatic carbocycles. The fourth-order valence-corrected chi connectivity index (χ4v) is 7.79. The number of amides is 3. The largest absolute Gasteiger partial charge is 0.455 e.